The number of likely N-dealkylation sites (tertiary alicyclic amines) is 1. The molecule has 1 rings (SSSR count). The molecule has 0 aromatic heterocycles. The maximum absolute atomic E-state index is 12.6. The minimum absolute atomic E-state index is 0.0792. The van der Waals surface area contributed by atoms with Gasteiger partial charge in [-0.25, -0.2) is 0 Å². The van der Waals surface area contributed by atoms with Gasteiger partial charge in [0.15, 0.2) is 0 Å². The van der Waals surface area contributed by atoms with Gasteiger partial charge in [0.25, 0.3) is 0 Å². The van der Waals surface area contributed by atoms with Gasteiger partial charge in [0, 0.05) is 25.7 Å². The third-order valence-electron chi connectivity index (χ3n) is 4.02. The molecule has 116 valence electrons. The Morgan fingerprint density at radius 3 is 2.10 bits per heavy atom. The number of carbonyl (C=O) groups excluding carboxylic acids is 1. The molecule has 1 fully saturated rings. The van der Waals surface area contributed by atoms with Gasteiger partial charge in [-0.2, -0.15) is 0 Å². The first-order chi connectivity index (χ1) is 9.43. The lowest BCUT2D eigenvalue weighted by molar-refractivity contribution is -0.141. The number of aliphatic carboxylic acids is 1. The molecule has 1 atom stereocenters. The van der Waals surface area contributed by atoms with E-state index in [4.69, 9.17) is 5.11 Å². The van der Waals surface area contributed by atoms with E-state index in [0.717, 1.165) is 25.9 Å². The Morgan fingerprint density at radius 2 is 1.65 bits per heavy atom. The second-order valence-corrected chi connectivity index (χ2v) is 5.89. The molecule has 20 heavy (non-hydrogen) atoms. The highest BCUT2D eigenvalue weighted by Gasteiger charge is 2.28. The quantitative estimate of drug-likeness (QED) is 0.810. The van der Waals surface area contributed by atoms with E-state index in [0.29, 0.717) is 6.54 Å². The Morgan fingerprint density at radius 1 is 1.10 bits per heavy atom. The molecule has 0 aliphatic carbocycles. The summed E-state index contributed by atoms with van der Waals surface area (Å²) in [7, 11) is 0. The van der Waals surface area contributed by atoms with Crippen LogP contribution in [0.2, 0.25) is 0 Å². The molecule has 1 amide bonds. The van der Waals surface area contributed by atoms with Gasteiger partial charge in [-0.1, -0.05) is 12.8 Å². The molecular weight excluding hydrogens is 256 g/mol. The van der Waals surface area contributed by atoms with Crippen LogP contribution < -0.4 is 0 Å². The molecule has 0 aromatic carbocycles. The van der Waals surface area contributed by atoms with Crippen molar-refractivity contribution in [1.82, 2.24) is 9.80 Å². The predicted octanol–water partition coefficient (Wildman–Crippen LogP) is 1.96. The average molecular weight is 284 g/mol. The number of carbonyl (C=O) groups is 2. The molecule has 1 unspecified atom stereocenters. The summed E-state index contributed by atoms with van der Waals surface area (Å²) >= 11 is 0. The van der Waals surface area contributed by atoms with Crippen molar-refractivity contribution in [1.29, 1.82) is 0 Å². The van der Waals surface area contributed by atoms with Crippen LogP contribution in [-0.2, 0) is 9.59 Å². The Kier molecular flexibility index (Phi) is 6.99. The van der Waals surface area contributed by atoms with Crippen LogP contribution in [0, 0.1) is 0 Å². The first kappa shape index (κ1) is 17.0. The van der Waals surface area contributed by atoms with E-state index >= 15 is 0 Å². The second kappa shape index (κ2) is 8.25. The maximum atomic E-state index is 12.6. The van der Waals surface area contributed by atoms with Gasteiger partial charge in [0.2, 0.25) is 5.91 Å². The molecular formula is C15H28N2O3. The highest BCUT2D eigenvalue weighted by Crippen LogP contribution is 2.14. The summed E-state index contributed by atoms with van der Waals surface area (Å²) in [5.41, 5.74) is 0. The Balaban J connectivity index is 2.64. The zero-order chi connectivity index (χ0) is 15.1. The van der Waals surface area contributed by atoms with Crippen LogP contribution in [0.5, 0.6) is 0 Å². The molecule has 0 bridgehead atoms. The summed E-state index contributed by atoms with van der Waals surface area (Å²) in [4.78, 5) is 27.3. The lowest BCUT2D eigenvalue weighted by Crippen LogP contribution is -2.50. The largest absolute Gasteiger partial charge is 0.481 e. The first-order valence-electron chi connectivity index (χ1n) is 7.69. The summed E-state index contributed by atoms with van der Waals surface area (Å²) in [6.07, 6.45) is 4.64. The number of carboxylic acid groups (broad SMARTS) is 1. The van der Waals surface area contributed by atoms with E-state index in [1.165, 1.54) is 12.8 Å². The number of nitrogens with zero attached hydrogens (tertiary/aromatic N) is 2. The van der Waals surface area contributed by atoms with Gasteiger partial charge >= 0.3 is 5.97 Å². The van der Waals surface area contributed by atoms with Crippen LogP contribution in [0.4, 0.5) is 0 Å². The lowest BCUT2D eigenvalue weighted by Gasteiger charge is -2.34. The van der Waals surface area contributed by atoms with Crippen molar-refractivity contribution in [3.8, 4) is 0 Å². The maximum Gasteiger partial charge on any atom is 0.304 e. The molecule has 1 saturated heterocycles. The fraction of sp³-hybridized carbons (Fsp3) is 0.867. The highest BCUT2D eigenvalue weighted by atomic mass is 16.4. The van der Waals surface area contributed by atoms with Gasteiger partial charge in [-0.15, -0.1) is 0 Å². The molecule has 0 aromatic rings. The van der Waals surface area contributed by atoms with Gasteiger partial charge in [0.1, 0.15) is 0 Å². The van der Waals surface area contributed by atoms with Crippen molar-refractivity contribution in [2.24, 2.45) is 0 Å². The van der Waals surface area contributed by atoms with E-state index < -0.39 is 5.97 Å². The molecule has 1 N–H and O–H groups in total. The van der Waals surface area contributed by atoms with Crippen molar-refractivity contribution in [3.05, 3.63) is 0 Å². The zero-order valence-corrected chi connectivity index (χ0v) is 13.0. The van der Waals surface area contributed by atoms with E-state index in [9.17, 15) is 9.59 Å². The third-order valence-corrected chi connectivity index (χ3v) is 4.02. The minimum atomic E-state index is -0.815. The van der Waals surface area contributed by atoms with Crippen LogP contribution in [0.15, 0.2) is 0 Å². The van der Waals surface area contributed by atoms with Crippen LogP contribution in [0.1, 0.15) is 52.9 Å². The number of hydrogen-bond donors (Lipinski definition) is 1. The SMILES string of the molecule is CC(C)N(CCC(=O)O)C(C)C(=O)N1CCCCCC1. The van der Waals surface area contributed by atoms with Gasteiger partial charge < -0.3 is 10.0 Å². The summed E-state index contributed by atoms with van der Waals surface area (Å²) in [6, 6.07) is -0.0762. The summed E-state index contributed by atoms with van der Waals surface area (Å²) in [5, 5.41) is 8.83. The molecule has 1 heterocycles. The Bertz CT molecular complexity index is 323. The van der Waals surface area contributed by atoms with Crippen molar-refractivity contribution in [2.75, 3.05) is 19.6 Å². The van der Waals surface area contributed by atoms with E-state index in [1.807, 2.05) is 30.6 Å². The first-order valence-corrected chi connectivity index (χ1v) is 7.69. The van der Waals surface area contributed by atoms with Crippen molar-refractivity contribution in [3.63, 3.8) is 0 Å². The van der Waals surface area contributed by atoms with E-state index in [-0.39, 0.29) is 24.4 Å². The molecule has 0 saturated carbocycles. The van der Waals surface area contributed by atoms with Gasteiger partial charge in [0.05, 0.1) is 12.5 Å². The normalized spacial score (nSPS) is 18.1. The topological polar surface area (TPSA) is 60.9 Å². The van der Waals surface area contributed by atoms with Crippen LogP contribution in [0.25, 0.3) is 0 Å². The third kappa shape index (κ3) is 5.12. The van der Waals surface area contributed by atoms with Gasteiger partial charge in [-0.05, 0) is 33.6 Å². The standard InChI is InChI=1S/C15H28N2O3/c1-12(2)17(11-8-14(18)19)13(3)15(20)16-9-6-4-5-7-10-16/h12-13H,4-11H2,1-3H3,(H,18,19). The van der Waals surface area contributed by atoms with Crippen molar-refractivity contribution < 1.29 is 14.7 Å². The predicted molar refractivity (Wildman–Crippen MR) is 78.6 cm³/mol. The average Bonchev–Trinajstić information content (AvgIpc) is 2.65. The van der Waals surface area contributed by atoms with Crippen LogP contribution >= 0.6 is 0 Å². The monoisotopic (exact) mass is 284 g/mol. The number of rotatable bonds is 6. The Hall–Kier alpha value is -1.10. The molecule has 0 radical (unpaired) electrons. The van der Waals surface area contributed by atoms with E-state index in [1.54, 1.807) is 0 Å². The van der Waals surface area contributed by atoms with Crippen molar-refractivity contribution >= 4 is 11.9 Å². The number of hydrogen-bond acceptors (Lipinski definition) is 3. The zero-order valence-electron chi connectivity index (χ0n) is 13.0. The number of amides is 1. The molecule has 5 nitrogen and oxygen atoms in total. The summed E-state index contributed by atoms with van der Waals surface area (Å²) in [6.45, 7) is 8.02. The lowest BCUT2D eigenvalue weighted by atomic mass is 10.1. The highest BCUT2D eigenvalue weighted by molar-refractivity contribution is 5.81. The minimum Gasteiger partial charge on any atom is -0.481 e. The molecule has 5 heteroatoms. The van der Waals surface area contributed by atoms with Gasteiger partial charge in [-0.3, -0.25) is 14.5 Å². The molecule has 0 spiro atoms. The fourth-order valence-electron chi connectivity index (χ4n) is 2.82. The summed E-state index contributed by atoms with van der Waals surface area (Å²) < 4.78 is 0. The molecule has 1 aliphatic heterocycles. The van der Waals surface area contributed by atoms with Crippen LogP contribution in [0.3, 0.4) is 0 Å². The summed E-state index contributed by atoms with van der Waals surface area (Å²) in [5.74, 6) is -0.670. The van der Waals surface area contributed by atoms with Crippen LogP contribution in [-0.4, -0.2) is 58.5 Å². The fourth-order valence-corrected chi connectivity index (χ4v) is 2.82. The van der Waals surface area contributed by atoms with Crippen molar-refractivity contribution in [2.45, 2.75) is 65.0 Å². The molecule has 1 aliphatic rings. The number of carboxylic acids is 1. The Labute approximate surface area is 121 Å². The van der Waals surface area contributed by atoms with E-state index in [2.05, 4.69) is 0 Å². The second-order valence-electron chi connectivity index (χ2n) is 5.89. The smallest absolute Gasteiger partial charge is 0.304 e.